The highest BCUT2D eigenvalue weighted by atomic mass is 32.1. The number of hydrogen-bond acceptors (Lipinski definition) is 5. The fourth-order valence-electron chi connectivity index (χ4n) is 4.38. The van der Waals surface area contributed by atoms with Crippen molar-refractivity contribution >= 4 is 22.9 Å². The fourth-order valence-corrected chi connectivity index (χ4v) is 5.01. The van der Waals surface area contributed by atoms with Crippen LogP contribution in [-0.2, 0) is 11.3 Å². The van der Waals surface area contributed by atoms with Gasteiger partial charge >= 0.3 is 0 Å². The van der Waals surface area contributed by atoms with Crippen LogP contribution < -0.4 is 5.32 Å². The van der Waals surface area contributed by atoms with E-state index in [9.17, 15) is 4.79 Å². The van der Waals surface area contributed by atoms with E-state index >= 15 is 0 Å². The summed E-state index contributed by atoms with van der Waals surface area (Å²) in [6.45, 7) is 6.52. The van der Waals surface area contributed by atoms with Crippen molar-refractivity contribution in [1.82, 2.24) is 14.8 Å². The van der Waals surface area contributed by atoms with Gasteiger partial charge in [-0.15, -0.1) is 11.3 Å². The van der Waals surface area contributed by atoms with Crippen molar-refractivity contribution in [2.24, 2.45) is 5.92 Å². The molecule has 1 aliphatic heterocycles. The summed E-state index contributed by atoms with van der Waals surface area (Å²) in [5.41, 5.74) is 4.18. The van der Waals surface area contributed by atoms with Crippen LogP contribution in [0.25, 0.3) is 11.3 Å². The van der Waals surface area contributed by atoms with Crippen molar-refractivity contribution < 1.29 is 4.79 Å². The number of anilines is 1. The van der Waals surface area contributed by atoms with E-state index in [0.717, 1.165) is 61.0 Å². The first-order valence-corrected chi connectivity index (χ1v) is 12.2. The molecule has 2 heterocycles. The van der Waals surface area contributed by atoms with Crippen molar-refractivity contribution in [3.63, 3.8) is 0 Å². The molecule has 1 saturated heterocycles. The second kappa shape index (κ2) is 10.9. The van der Waals surface area contributed by atoms with Crippen LogP contribution in [0.3, 0.4) is 0 Å². The molecule has 1 aliphatic rings. The van der Waals surface area contributed by atoms with E-state index in [4.69, 9.17) is 0 Å². The molecular formula is C26H32N4OS. The van der Waals surface area contributed by atoms with Gasteiger partial charge in [0.25, 0.3) is 0 Å². The quantitative estimate of drug-likeness (QED) is 0.532. The average molecular weight is 449 g/mol. The van der Waals surface area contributed by atoms with Crippen LogP contribution in [0.1, 0.15) is 23.4 Å². The maximum Gasteiger partial charge on any atom is 0.238 e. The number of thiazole rings is 1. The predicted molar refractivity (Wildman–Crippen MR) is 133 cm³/mol. The Balaban J connectivity index is 1.21. The molecule has 0 atom stereocenters. The third kappa shape index (κ3) is 6.48. The molecule has 0 bridgehead atoms. The number of amides is 1. The Kier molecular flexibility index (Phi) is 7.68. The van der Waals surface area contributed by atoms with E-state index in [1.54, 1.807) is 11.3 Å². The highest BCUT2D eigenvalue weighted by Crippen LogP contribution is 2.24. The molecule has 32 heavy (non-hydrogen) atoms. The highest BCUT2D eigenvalue weighted by Gasteiger charge is 2.22. The minimum atomic E-state index is 0.0521. The zero-order chi connectivity index (χ0) is 22.3. The predicted octanol–water partition coefficient (Wildman–Crippen LogP) is 4.90. The van der Waals surface area contributed by atoms with Crippen LogP contribution in [0.4, 0.5) is 5.69 Å². The molecule has 4 rings (SSSR count). The molecule has 0 saturated carbocycles. The first kappa shape index (κ1) is 22.6. The minimum absolute atomic E-state index is 0.0521. The van der Waals surface area contributed by atoms with E-state index in [1.165, 1.54) is 5.56 Å². The fraction of sp³-hybridized carbons (Fsp3) is 0.385. The summed E-state index contributed by atoms with van der Waals surface area (Å²) in [6, 6.07) is 18.6. The Morgan fingerprint density at radius 1 is 1.16 bits per heavy atom. The number of nitrogens with one attached hydrogen (secondary N) is 1. The summed E-state index contributed by atoms with van der Waals surface area (Å²) in [5, 5.41) is 6.16. The number of piperidine rings is 1. The minimum Gasteiger partial charge on any atom is -0.325 e. The van der Waals surface area contributed by atoms with E-state index in [-0.39, 0.29) is 5.91 Å². The summed E-state index contributed by atoms with van der Waals surface area (Å²) in [6.07, 6.45) is 2.29. The van der Waals surface area contributed by atoms with Gasteiger partial charge in [-0.2, -0.15) is 0 Å². The van der Waals surface area contributed by atoms with Gasteiger partial charge in [-0.3, -0.25) is 9.69 Å². The number of likely N-dealkylation sites (tertiary alicyclic amines) is 1. The molecule has 2 aromatic carbocycles. The number of carbonyl (C=O) groups is 1. The lowest BCUT2D eigenvalue weighted by Crippen LogP contribution is -2.41. The molecule has 1 N–H and O–H groups in total. The molecule has 3 aromatic rings. The van der Waals surface area contributed by atoms with Gasteiger partial charge < -0.3 is 10.2 Å². The molecule has 0 unspecified atom stereocenters. The Labute approximate surface area is 195 Å². The summed E-state index contributed by atoms with van der Waals surface area (Å²) in [5.74, 6) is 0.748. The number of rotatable bonds is 8. The third-order valence-corrected chi connectivity index (χ3v) is 6.77. The molecule has 0 radical (unpaired) electrons. The molecule has 1 aromatic heterocycles. The maximum atomic E-state index is 12.6. The molecular weight excluding hydrogens is 416 g/mol. The lowest BCUT2D eigenvalue weighted by atomic mass is 9.96. The number of hydrogen-bond donors (Lipinski definition) is 1. The molecule has 6 heteroatoms. The van der Waals surface area contributed by atoms with Crippen molar-refractivity contribution in [2.45, 2.75) is 26.3 Å². The van der Waals surface area contributed by atoms with Crippen molar-refractivity contribution in [1.29, 1.82) is 0 Å². The van der Waals surface area contributed by atoms with Crippen molar-refractivity contribution in [3.8, 4) is 11.3 Å². The van der Waals surface area contributed by atoms with Gasteiger partial charge in [0.15, 0.2) is 0 Å². The molecule has 168 valence electrons. The van der Waals surface area contributed by atoms with E-state index in [1.807, 2.05) is 31.2 Å². The lowest BCUT2D eigenvalue weighted by molar-refractivity contribution is -0.117. The largest absolute Gasteiger partial charge is 0.325 e. The molecule has 5 nitrogen and oxygen atoms in total. The van der Waals surface area contributed by atoms with Gasteiger partial charge in [0.1, 0.15) is 0 Å². The van der Waals surface area contributed by atoms with Crippen LogP contribution in [0.2, 0.25) is 0 Å². The number of aryl methyl sites for hydroxylation is 1. The second-order valence-electron chi connectivity index (χ2n) is 8.78. The second-order valence-corrected chi connectivity index (χ2v) is 9.84. The van der Waals surface area contributed by atoms with Gasteiger partial charge in [0.05, 0.1) is 17.2 Å². The van der Waals surface area contributed by atoms with Crippen LogP contribution >= 0.6 is 11.3 Å². The van der Waals surface area contributed by atoms with Crippen LogP contribution in [0.15, 0.2) is 60.0 Å². The molecule has 1 fully saturated rings. The van der Waals surface area contributed by atoms with Crippen molar-refractivity contribution in [3.05, 3.63) is 70.5 Å². The van der Waals surface area contributed by atoms with Gasteiger partial charge in [0, 0.05) is 29.7 Å². The first-order valence-electron chi connectivity index (χ1n) is 11.3. The third-order valence-electron chi connectivity index (χ3n) is 6.00. The standard InChI is InChI=1S/C26H32N4OS/c1-20-27-25(19-32-20)23-9-6-10-24(15-23)28-26(31)18-30-13-11-22(12-14-30)17-29(2)16-21-7-4-3-5-8-21/h3-10,15,19,22H,11-14,16-18H2,1-2H3,(H,28,31). The molecule has 1 amide bonds. The van der Waals surface area contributed by atoms with Crippen LogP contribution in [0, 0.1) is 12.8 Å². The SMILES string of the molecule is Cc1nc(-c2cccc(NC(=O)CN3CCC(CN(C)Cc4ccccc4)CC3)c2)cs1. The van der Waals surface area contributed by atoms with Crippen molar-refractivity contribution in [2.75, 3.05) is 38.5 Å². The zero-order valence-electron chi connectivity index (χ0n) is 19.0. The monoisotopic (exact) mass is 448 g/mol. The Hall–Kier alpha value is -2.54. The number of aromatic nitrogens is 1. The van der Waals surface area contributed by atoms with Crippen LogP contribution in [-0.4, -0.2) is 53.9 Å². The Bertz CT molecular complexity index is 1010. The number of nitrogens with zero attached hydrogens (tertiary/aromatic N) is 3. The van der Waals surface area contributed by atoms with Gasteiger partial charge in [-0.1, -0.05) is 42.5 Å². The van der Waals surface area contributed by atoms with Gasteiger partial charge in [-0.05, 0) is 63.5 Å². The van der Waals surface area contributed by atoms with Crippen LogP contribution in [0.5, 0.6) is 0 Å². The molecule has 0 aliphatic carbocycles. The van der Waals surface area contributed by atoms with E-state index in [0.29, 0.717) is 12.5 Å². The summed E-state index contributed by atoms with van der Waals surface area (Å²) < 4.78 is 0. The lowest BCUT2D eigenvalue weighted by Gasteiger charge is -2.33. The smallest absolute Gasteiger partial charge is 0.238 e. The Morgan fingerprint density at radius 3 is 2.66 bits per heavy atom. The zero-order valence-corrected chi connectivity index (χ0v) is 19.8. The van der Waals surface area contributed by atoms with Gasteiger partial charge in [0.2, 0.25) is 5.91 Å². The van der Waals surface area contributed by atoms with E-state index in [2.05, 4.69) is 62.9 Å². The summed E-state index contributed by atoms with van der Waals surface area (Å²) in [4.78, 5) is 21.9. The average Bonchev–Trinajstić information content (AvgIpc) is 3.22. The highest BCUT2D eigenvalue weighted by molar-refractivity contribution is 7.09. The normalized spacial score (nSPS) is 15.2. The van der Waals surface area contributed by atoms with E-state index < -0.39 is 0 Å². The number of carbonyl (C=O) groups excluding carboxylic acids is 1. The molecule has 0 spiro atoms. The van der Waals surface area contributed by atoms with Gasteiger partial charge in [-0.25, -0.2) is 4.98 Å². The Morgan fingerprint density at radius 2 is 1.94 bits per heavy atom. The topological polar surface area (TPSA) is 48.5 Å². The number of benzene rings is 2. The maximum absolute atomic E-state index is 12.6. The summed E-state index contributed by atoms with van der Waals surface area (Å²) in [7, 11) is 2.20. The summed E-state index contributed by atoms with van der Waals surface area (Å²) >= 11 is 1.64. The first-order chi connectivity index (χ1) is 15.5.